The minimum Gasteiger partial charge on any atom is -0.462 e. The zero-order valence-electron chi connectivity index (χ0n) is 9.51. The first kappa shape index (κ1) is 12.4. The quantitative estimate of drug-likeness (QED) is 0.397. The molecule has 0 atom stereocenters. The molecule has 0 bridgehead atoms. The molecular formula is C11H10ClN3O3. The van der Waals surface area contributed by atoms with Gasteiger partial charge >= 0.3 is 11.9 Å². The summed E-state index contributed by atoms with van der Waals surface area (Å²) in [7, 11) is 1.26. The van der Waals surface area contributed by atoms with E-state index in [1.165, 1.54) is 7.11 Å². The number of benzene rings is 1. The first-order chi connectivity index (χ1) is 8.63. The maximum Gasteiger partial charge on any atom is 0.394 e. The Bertz CT molecular complexity index is 621. The van der Waals surface area contributed by atoms with Gasteiger partial charge in [-0.3, -0.25) is 0 Å². The summed E-state index contributed by atoms with van der Waals surface area (Å²) in [6, 6.07) is 4.98. The van der Waals surface area contributed by atoms with E-state index in [2.05, 4.69) is 14.7 Å². The van der Waals surface area contributed by atoms with Gasteiger partial charge in [-0.15, -0.1) is 11.6 Å². The summed E-state index contributed by atoms with van der Waals surface area (Å²) in [5.74, 6) is -0.285. The summed E-state index contributed by atoms with van der Waals surface area (Å²) in [6.07, 6.45) is 0. The number of amidine groups is 1. The van der Waals surface area contributed by atoms with Crippen LogP contribution in [-0.4, -0.2) is 29.8 Å². The van der Waals surface area contributed by atoms with Crippen LogP contribution in [0.25, 0.3) is 11.1 Å². The summed E-state index contributed by atoms with van der Waals surface area (Å²) in [4.78, 5) is 19.3. The fourth-order valence-electron chi connectivity index (χ4n) is 1.36. The minimum absolute atomic E-state index is 0.0982. The highest BCUT2D eigenvalue weighted by atomic mass is 35.5. The molecule has 0 spiro atoms. The van der Waals surface area contributed by atoms with Crippen molar-refractivity contribution in [2.45, 2.75) is 0 Å². The molecule has 0 unspecified atom stereocenters. The third kappa shape index (κ3) is 2.43. The number of carbonyl (C=O) groups excluding carboxylic acids is 1. The Morgan fingerprint density at radius 3 is 3.06 bits per heavy atom. The van der Waals surface area contributed by atoms with Crippen LogP contribution >= 0.6 is 11.6 Å². The molecule has 6 nitrogen and oxygen atoms in total. The SMILES string of the molecule is COC(=O)c1nc2cc(N=C(N)CCl)ccc2o1. The maximum atomic E-state index is 11.2. The highest BCUT2D eigenvalue weighted by molar-refractivity contribution is 6.28. The van der Waals surface area contributed by atoms with Crippen molar-refractivity contribution in [3.63, 3.8) is 0 Å². The first-order valence-corrected chi connectivity index (χ1v) is 5.55. The lowest BCUT2D eigenvalue weighted by Gasteiger charge is -1.95. The highest BCUT2D eigenvalue weighted by Crippen LogP contribution is 2.22. The summed E-state index contributed by atoms with van der Waals surface area (Å²) in [6.45, 7) is 0. The van der Waals surface area contributed by atoms with Crippen molar-refractivity contribution in [3.05, 3.63) is 24.1 Å². The molecule has 7 heteroatoms. The lowest BCUT2D eigenvalue weighted by Crippen LogP contribution is -2.12. The largest absolute Gasteiger partial charge is 0.462 e. The van der Waals surface area contributed by atoms with Crippen molar-refractivity contribution in [1.82, 2.24) is 4.98 Å². The van der Waals surface area contributed by atoms with Crippen molar-refractivity contribution in [2.24, 2.45) is 10.7 Å². The van der Waals surface area contributed by atoms with Crippen molar-refractivity contribution < 1.29 is 13.9 Å². The van der Waals surface area contributed by atoms with Crippen LogP contribution in [0.15, 0.2) is 27.6 Å². The van der Waals surface area contributed by atoms with Crippen molar-refractivity contribution in [1.29, 1.82) is 0 Å². The number of aromatic nitrogens is 1. The van der Waals surface area contributed by atoms with Crippen LogP contribution in [0, 0.1) is 0 Å². The van der Waals surface area contributed by atoms with E-state index >= 15 is 0 Å². The maximum absolute atomic E-state index is 11.2. The monoisotopic (exact) mass is 267 g/mol. The number of hydrogen-bond acceptors (Lipinski definition) is 5. The van der Waals surface area contributed by atoms with Crippen LogP contribution in [0.3, 0.4) is 0 Å². The number of hydrogen-bond donors (Lipinski definition) is 1. The van der Waals surface area contributed by atoms with Gasteiger partial charge in [0, 0.05) is 0 Å². The van der Waals surface area contributed by atoms with Gasteiger partial charge in [-0.25, -0.2) is 14.8 Å². The van der Waals surface area contributed by atoms with Crippen molar-refractivity contribution in [3.8, 4) is 0 Å². The molecule has 18 heavy (non-hydrogen) atoms. The number of nitrogens with zero attached hydrogens (tertiary/aromatic N) is 2. The Kier molecular flexibility index (Phi) is 3.47. The minimum atomic E-state index is -0.628. The van der Waals surface area contributed by atoms with Crippen molar-refractivity contribution >= 4 is 40.2 Å². The summed E-state index contributed by atoms with van der Waals surface area (Å²) < 4.78 is 9.73. The van der Waals surface area contributed by atoms with E-state index in [-0.39, 0.29) is 11.8 Å². The number of alkyl halides is 1. The molecule has 0 radical (unpaired) electrons. The molecule has 2 rings (SSSR count). The molecule has 2 N–H and O–H groups in total. The van der Waals surface area contributed by atoms with Gasteiger partial charge in [0.2, 0.25) is 0 Å². The predicted octanol–water partition coefficient (Wildman–Crippen LogP) is 1.84. The van der Waals surface area contributed by atoms with Gasteiger partial charge in [-0.2, -0.15) is 0 Å². The van der Waals surface area contributed by atoms with Crippen LogP contribution < -0.4 is 5.73 Å². The van der Waals surface area contributed by atoms with Gasteiger partial charge < -0.3 is 14.9 Å². The molecule has 0 fully saturated rings. The van der Waals surface area contributed by atoms with Gasteiger partial charge in [-0.1, -0.05) is 0 Å². The first-order valence-electron chi connectivity index (χ1n) is 5.02. The normalized spacial score (nSPS) is 11.8. The Hall–Kier alpha value is -2.08. The predicted molar refractivity (Wildman–Crippen MR) is 67.4 cm³/mol. The fourth-order valence-corrected chi connectivity index (χ4v) is 1.42. The summed E-state index contributed by atoms with van der Waals surface area (Å²) in [5.41, 5.74) is 7.08. The zero-order valence-corrected chi connectivity index (χ0v) is 10.3. The Balaban J connectivity index is 2.42. The second-order valence-electron chi connectivity index (χ2n) is 3.40. The second-order valence-corrected chi connectivity index (χ2v) is 3.67. The number of oxazole rings is 1. The number of esters is 1. The number of aliphatic imine (C=N–C) groups is 1. The van der Waals surface area contributed by atoms with Crippen LogP contribution in [0.5, 0.6) is 0 Å². The molecular weight excluding hydrogens is 258 g/mol. The molecule has 0 aliphatic heterocycles. The average Bonchev–Trinajstić information content (AvgIpc) is 2.80. The van der Waals surface area contributed by atoms with E-state index in [9.17, 15) is 4.79 Å². The molecule has 1 aromatic heterocycles. The molecule has 0 amide bonds. The van der Waals surface area contributed by atoms with E-state index in [1.807, 2.05) is 0 Å². The molecule has 0 saturated carbocycles. The van der Waals surface area contributed by atoms with E-state index in [0.717, 1.165) is 0 Å². The van der Waals surface area contributed by atoms with E-state index < -0.39 is 5.97 Å². The number of rotatable bonds is 3. The number of nitrogens with two attached hydrogens (primary N) is 1. The summed E-state index contributed by atoms with van der Waals surface area (Å²) in [5, 5.41) is 0. The van der Waals surface area contributed by atoms with Crippen molar-refractivity contribution in [2.75, 3.05) is 13.0 Å². The number of carbonyl (C=O) groups is 1. The molecule has 1 heterocycles. The molecule has 0 aliphatic rings. The lowest BCUT2D eigenvalue weighted by molar-refractivity contribution is 0.0558. The average molecular weight is 268 g/mol. The number of fused-ring (bicyclic) bond motifs is 1. The van der Waals surface area contributed by atoms with Crippen LogP contribution in [0.4, 0.5) is 5.69 Å². The number of ether oxygens (including phenoxy) is 1. The van der Waals surface area contributed by atoms with Gasteiger partial charge in [0.1, 0.15) is 11.4 Å². The van der Waals surface area contributed by atoms with Crippen LogP contribution in [0.2, 0.25) is 0 Å². The summed E-state index contributed by atoms with van der Waals surface area (Å²) >= 11 is 5.53. The smallest absolute Gasteiger partial charge is 0.394 e. The topological polar surface area (TPSA) is 90.7 Å². The third-order valence-electron chi connectivity index (χ3n) is 2.14. The Morgan fingerprint density at radius 1 is 1.61 bits per heavy atom. The standard InChI is InChI=1S/C11H10ClN3O3/c1-17-11(16)10-15-7-4-6(14-9(13)5-12)2-3-8(7)18-10/h2-4H,5H2,1H3,(H2,13,14). The van der Waals surface area contributed by atoms with Gasteiger partial charge in [0.05, 0.1) is 18.7 Å². The Morgan fingerprint density at radius 2 is 2.39 bits per heavy atom. The molecule has 0 aliphatic carbocycles. The highest BCUT2D eigenvalue weighted by Gasteiger charge is 2.14. The fraction of sp³-hybridized carbons (Fsp3) is 0.182. The van der Waals surface area contributed by atoms with Crippen LogP contribution in [0.1, 0.15) is 10.7 Å². The van der Waals surface area contributed by atoms with Gasteiger partial charge in [-0.05, 0) is 18.2 Å². The second kappa shape index (κ2) is 5.05. The van der Waals surface area contributed by atoms with Gasteiger partial charge in [0.15, 0.2) is 5.58 Å². The lowest BCUT2D eigenvalue weighted by atomic mass is 10.3. The molecule has 94 valence electrons. The number of halogens is 1. The van der Waals surface area contributed by atoms with Gasteiger partial charge in [0.25, 0.3) is 0 Å². The van der Waals surface area contributed by atoms with E-state index in [0.29, 0.717) is 22.6 Å². The molecule has 0 saturated heterocycles. The van der Waals surface area contributed by atoms with E-state index in [1.54, 1.807) is 18.2 Å². The van der Waals surface area contributed by atoms with E-state index in [4.69, 9.17) is 21.8 Å². The molecule has 2 aromatic rings. The number of methoxy groups -OCH3 is 1. The third-order valence-corrected chi connectivity index (χ3v) is 2.41. The molecule has 1 aromatic carbocycles. The Labute approximate surface area is 107 Å². The zero-order chi connectivity index (χ0) is 13.1. The van der Waals surface area contributed by atoms with Crippen LogP contribution in [-0.2, 0) is 4.74 Å².